The Bertz CT molecular complexity index is 843. The molecule has 0 unspecified atom stereocenters. The van der Waals surface area contributed by atoms with Crippen molar-refractivity contribution in [2.24, 2.45) is 0 Å². The third kappa shape index (κ3) is 5.57. The summed E-state index contributed by atoms with van der Waals surface area (Å²) in [6.45, 7) is 6.97. The van der Waals surface area contributed by atoms with Crippen LogP contribution in [-0.4, -0.2) is 47.9 Å². The molecule has 3 rings (SSSR count). The van der Waals surface area contributed by atoms with Crippen LogP contribution >= 0.6 is 11.6 Å². The number of amides is 1. The fraction of sp³-hybridized carbons (Fsp3) is 0.364. The Labute approximate surface area is 170 Å². The first-order valence-electron chi connectivity index (χ1n) is 9.43. The van der Waals surface area contributed by atoms with E-state index in [9.17, 15) is 9.59 Å². The minimum atomic E-state index is -0.352. The molecular formula is C22H25ClN2O3. The van der Waals surface area contributed by atoms with Crippen LogP contribution in [0.15, 0.2) is 42.5 Å². The molecule has 28 heavy (non-hydrogen) atoms. The molecule has 0 aliphatic carbocycles. The van der Waals surface area contributed by atoms with Gasteiger partial charge in [0, 0.05) is 50.2 Å². The van der Waals surface area contributed by atoms with Gasteiger partial charge in [-0.1, -0.05) is 41.4 Å². The zero-order valence-electron chi connectivity index (χ0n) is 16.3. The molecule has 1 heterocycles. The minimum Gasteiger partial charge on any atom is -0.426 e. The number of nitrogens with zero attached hydrogens (tertiary/aromatic N) is 2. The van der Waals surface area contributed by atoms with Crippen molar-refractivity contribution < 1.29 is 14.3 Å². The van der Waals surface area contributed by atoms with E-state index in [2.05, 4.69) is 4.90 Å². The van der Waals surface area contributed by atoms with Crippen molar-refractivity contribution in [3.05, 3.63) is 64.2 Å². The van der Waals surface area contributed by atoms with Crippen molar-refractivity contribution in [1.82, 2.24) is 9.80 Å². The standard InChI is InChI=1S/C22H25ClN2O3/c1-16-3-5-18(6-4-16)13-22(27)25-11-9-24(10-12-25)15-19-14-20(23)7-8-21(19)28-17(2)26/h3-8,14H,9-13,15H2,1-2H3. The number of rotatable bonds is 5. The van der Waals surface area contributed by atoms with Gasteiger partial charge in [-0.05, 0) is 30.7 Å². The number of carbonyl (C=O) groups is 2. The number of carbonyl (C=O) groups excluding carboxylic acids is 2. The number of esters is 1. The number of benzene rings is 2. The Hall–Kier alpha value is -2.37. The molecule has 1 aliphatic heterocycles. The molecule has 0 saturated carbocycles. The van der Waals surface area contributed by atoms with Crippen LogP contribution < -0.4 is 4.74 Å². The fourth-order valence-corrected chi connectivity index (χ4v) is 3.51. The highest BCUT2D eigenvalue weighted by Crippen LogP contribution is 2.25. The monoisotopic (exact) mass is 400 g/mol. The van der Waals surface area contributed by atoms with Crippen molar-refractivity contribution in [2.45, 2.75) is 26.8 Å². The summed E-state index contributed by atoms with van der Waals surface area (Å²) in [5, 5.41) is 0.609. The van der Waals surface area contributed by atoms with Crippen LogP contribution in [0.4, 0.5) is 0 Å². The summed E-state index contributed by atoms with van der Waals surface area (Å²) in [4.78, 5) is 28.0. The summed E-state index contributed by atoms with van der Waals surface area (Å²) < 4.78 is 5.29. The fourth-order valence-electron chi connectivity index (χ4n) is 3.31. The van der Waals surface area contributed by atoms with Gasteiger partial charge in [0.15, 0.2) is 0 Å². The van der Waals surface area contributed by atoms with Crippen molar-refractivity contribution >= 4 is 23.5 Å². The van der Waals surface area contributed by atoms with Crippen LogP contribution in [0.5, 0.6) is 5.75 Å². The predicted molar refractivity (Wildman–Crippen MR) is 110 cm³/mol. The summed E-state index contributed by atoms with van der Waals surface area (Å²) in [6.07, 6.45) is 0.436. The van der Waals surface area contributed by atoms with Crippen LogP contribution in [0.3, 0.4) is 0 Å². The summed E-state index contributed by atoms with van der Waals surface area (Å²) in [6, 6.07) is 13.4. The van der Waals surface area contributed by atoms with Gasteiger partial charge in [0.1, 0.15) is 5.75 Å². The Morgan fingerprint density at radius 2 is 1.71 bits per heavy atom. The third-order valence-corrected chi connectivity index (χ3v) is 5.11. The molecule has 5 nitrogen and oxygen atoms in total. The van der Waals surface area contributed by atoms with Gasteiger partial charge in [-0.15, -0.1) is 0 Å². The summed E-state index contributed by atoms with van der Waals surface area (Å²) in [5.41, 5.74) is 3.11. The number of halogens is 1. The average Bonchev–Trinajstić information content (AvgIpc) is 2.66. The molecule has 0 spiro atoms. The molecule has 1 amide bonds. The van der Waals surface area contributed by atoms with Gasteiger partial charge in [0.25, 0.3) is 0 Å². The zero-order valence-corrected chi connectivity index (χ0v) is 17.0. The highest BCUT2D eigenvalue weighted by Gasteiger charge is 2.22. The Morgan fingerprint density at radius 3 is 2.36 bits per heavy atom. The molecule has 2 aromatic carbocycles. The molecule has 6 heteroatoms. The summed E-state index contributed by atoms with van der Waals surface area (Å²) in [5.74, 6) is 0.344. The first kappa shape index (κ1) is 20.4. The maximum Gasteiger partial charge on any atom is 0.308 e. The molecule has 0 aromatic heterocycles. The summed E-state index contributed by atoms with van der Waals surface area (Å²) in [7, 11) is 0. The van der Waals surface area contributed by atoms with E-state index >= 15 is 0 Å². The van der Waals surface area contributed by atoms with Gasteiger partial charge < -0.3 is 9.64 Å². The second-order valence-electron chi connectivity index (χ2n) is 7.16. The third-order valence-electron chi connectivity index (χ3n) is 4.87. The molecular weight excluding hydrogens is 376 g/mol. The van der Waals surface area contributed by atoms with E-state index in [0.717, 1.165) is 24.2 Å². The molecule has 2 aromatic rings. The number of hydrogen-bond acceptors (Lipinski definition) is 4. The Balaban J connectivity index is 1.55. The van der Waals surface area contributed by atoms with Crippen LogP contribution in [0.1, 0.15) is 23.6 Å². The highest BCUT2D eigenvalue weighted by molar-refractivity contribution is 6.30. The molecule has 1 aliphatic rings. The molecule has 148 valence electrons. The van der Waals surface area contributed by atoms with Gasteiger partial charge in [-0.25, -0.2) is 0 Å². The van der Waals surface area contributed by atoms with E-state index in [1.54, 1.807) is 12.1 Å². The SMILES string of the molecule is CC(=O)Oc1ccc(Cl)cc1CN1CCN(C(=O)Cc2ccc(C)cc2)CC1. The van der Waals surface area contributed by atoms with Gasteiger partial charge in [0.2, 0.25) is 5.91 Å². The number of piperazine rings is 1. The van der Waals surface area contributed by atoms with E-state index in [4.69, 9.17) is 16.3 Å². The van der Waals surface area contributed by atoms with Crippen molar-refractivity contribution in [3.63, 3.8) is 0 Å². The highest BCUT2D eigenvalue weighted by atomic mass is 35.5. The van der Waals surface area contributed by atoms with Gasteiger partial charge in [-0.3, -0.25) is 14.5 Å². The van der Waals surface area contributed by atoms with E-state index in [0.29, 0.717) is 36.8 Å². The van der Waals surface area contributed by atoms with Crippen LogP contribution in [0.2, 0.25) is 5.02 Å². The largest absolute Gasteiger partial charge is 0.426 e. The van der Waals surface area contributed by atoms with Crippen molar-refractivity contribution in [1.29, 1.82) is 0 Å². The van der Waals surface area contributed by atoms with Gasteiger partial charge in [0.05, 0.1) is 6.42 Å². The predicted octanol–water partition coefficient (Wildman–Crippen LogP) is 3.46. The smallest absolute Gasteiger partial charge is 0.308 e. The molecule has 1 fully saturated rings. The van der Waals surface area contributed by atoms with E-state index in [-0.39, 0.29) is 11.9 Å². The zero-order chi connectivity index (χ0) is 20.1. The Kier molecular flexibility index (Phi) is 6.70. The number of hydrogen-bond donors (Lipinski definition) is 0. The number of ether oxygens (including phenoxy) is 1. The summed E-state index contributed by atoms with van der Waals surface area (Å²) >= 11 is 6.11. The molecule has 0 bridgehead atoms. The average molecular weight is 401 g/mol. The van der Waals surface area contributed by atoms with E-state index < -0.39 is 0 Å². The second kappa shape index (κ2) is 9.22. The van der Waals surface area contributed by atoms with E-state index in [1.807, 2.05) is 42.2 Å². The molecule has 0 radical (unpaired) electrons. The molecule has 0 atom stereocenters. The van der Waals surface area contributed by atoms with E-state index in [1.165, 1.54) is 12.5 Å². The van der Waals surface area contributed by atoms with Crippen LogP contribution in [-0.2, 0) is 22.6 Å². The van der Waals surface area contributed by atoms with Crippen molar-refractivity contribution in [3.8, 4) is 5.75 Å². The lowest BCUT2D eigenvalue weighted by Crippen LogP contribution is -2.48. The lowest BCUT2D eigenvalue weighted by molar-refractivity contribution is -0.133. The minimum absolute atomic E-state index is 0.159. The number of aryl methyl sites for hydroxylation is 1. The molecule has 0 N–H and O–H groups in total. The maximum absolute atomic E-state index is 12.6. The lowest BCUT2D eigenvalue weighted by atomic mass is 10.1. The first-order chi connectivity index (χ1) is 13.4. The quantitative estimate of drug-likeness (QED) is 0.569. The van der Waals surface area contributed by atoms with Gasteiger partial charge in [-0.2, -0.15) is 0 Å². The van der Waals surface area contributed by atoms with Crippen LogP contribution in [0, 0.1) is 6.92 Å². The second-order valence-corrected chi connectivity index (χ2v) is 7.60. The van der Waals surface area contributed by atoms with Crippen molar-refractivity contribution in [2.75, 3.05) is 26.2 Å². The first-order valence-corrected chi connectivity index (χ1v) is 9.81. The maximum atomic E-state index is 12.6. The molecule has 1 saturated heterocycles. The normalized spacial score (nSPS) is 14.8. The lowest BCUT2D eigenvalue weighted by Gasteiger charge is -2.35. The Morgan fingerprint density at radius 1 is 1.04 bits per heavy atom. The van der Waals surface area contributed by atoms with Gasteiger partial charge >= 0.3 is 5.97 Å². The van der Waals surface area contributed by atoms with Crippen LogP contribution in [0.25, 0.3) is 0 Å². The topological polar surface area (TPSA) is 49.9 Å².